The lowest BCUT2D eigenvalue weighted by Crippen LogP contribution is -2.48. The van der Waals surface area contributed by atoms with Gasteiger partial charge in [0.25, 0.3) is 0 Å². The van der Waals surface area contributed by atoms with E-state index in [1.54, 1.807) is 31.4 Å². The van der Waals surface area contributed by atoms with Gasteiger partial charge in [-0.25, -0.2) is 9.78 Å². The van der Waals surface area contributed by atoms with Gasteiger partial charge in [0.2, 0.25) is 11.8 Å². The van der Waals surface area contributed by atoms with Crippen LogP contribution in [0.5, 0.6) is 5.75 Å². The summed E-state index contributed by atoms with van der Waals surface area (Å²) in [5.41, 5.74) is 7.68. The first-order valence-corrected chi connectivity index (χ1v) is 12.0. The van der Waals surface area contributed by atoms with E-state index in [2.05, 4.69) is 20.4 Å². The van der Waals surface area contributed by atoms with Gasteiger partial charge in [0.15, 0.2) is 10.8 Å². The molecule has 4 N–H and O–H groups in total. The smallest absolute Gasteiger partial charge is 0.357 e. The van der Waals surface area contributed by atoms with E-state index < -0.39 is 29.9 Å². The van der Waals surface area contributed by atoms with Crippen LogP contribution in [-0.4, -0.2) is 56.2 Å². The quantitative estimate of drug-likeness (QED) is 0.248. The summed E-state index contributed by atoms with van der Waals surface area (Å²) in [5.74, 6) is -0.998. The molecule has 2 amide bonds. The Labute approximate surface area is 212 Å². The highest BCUT2D eigenvalue weighted by molar-refractivity contribution is 7.14. The third kappa shape index (κ3) is 7.60. The molecule has 0 radical (unpaired) electrons. The third-order valence-corrected chi connectivity index (χ3v) is 5.88. The zero-order chi connectivity index (χ0) is 25.9. The lowest BCUT2D eigenvalue weighted by molar-refractivity contribution is -0.127. The van der Waals surface area contributed by atoms with Gasteiger partial charge in [0.1, 0.15) is 24.4 Å². The van der Waals surface area contributed by atoms with Crippen LogP contribution in [0.3, 0.4) is 0 Å². The lowest BCUT2D eigenvalue weighted by Gasteiger charge is -2.21. The first kappa shape index (κ1) is 26.8. The number of rotatable bonds is 12. The van der Waals surface area contributed by atoms with Crippen LogP contribution < -0.4 is 21.1 Å². The molecule has 3 aromatic rings. The number of anilines is 1. The molecular weight excluding hydrogens is 484 g/mol. The molecule has 0 aliphatic heterocycles. The second kappa shape index (κ2) is 13.3. The van der Waals surface area contributed by atoms with Crippen LogP contribution in [0.2, 0.25) is 0 Å². The van der Waals surface area contributed by atoms with Crippen LogP contribution in [0.4, 0.5) is 5.13 Å². The molecular formula is C25H28N4O6S. The highest BCUT2D eigenvalue weighted by Crippen LogP contribution is 2.19. The summed E-state index contributed by atoms with van der Waals surface area (Å²) in [4.78, 5) is 41.8. The standard InChI is InChI=1S/C25H28N4O6S/c1-33-12-13-35-18-10-8-17(9-11-18)21(26)23(31)27-19(14-16-6-4-3-5-7-16)22(30)29-25-28-20(15-36-25)24(32)34-2/h3-11,15,19,21H,12-14,26H2,1-2H3,(H,27,31)(H,28,29,30)/t19-,21?/m0/s1. The van der Waals surface area contributed by atoms with E-state index in [0.29, 0.717) is 24.5 Å². The molecule has 0 spiro atoms. The Balaban J connectivity index is 1.70. The van der Waals surface area contributed by atoms with Gasteiger partial charge in [-0.3, -0.25) is 9.59 Å². The molecule has 11 heteroatoms. The maximum atomic E-state index is 13.1. The van der Waals surface area contributed by atoms with Crippen molar-refractivity contribution < 1.29 is 28.6 Å². The number of aromatic nitrogens is 1. The van der Waals surface area contributed by atoms with Gasteiger partial charge in [-0.05, 0) is 23.3 Å². The molecule has 190 valence electrons. The Morgan fingerprint density at radius 3 is 2.39 bits per heavy atom. The molecule has 0 aliphatic carbocycles. The molecule has 0 fully saturated rings. The van der Waals surface area contributed by atoms with Gasteiger partial charge in [-0.1, -0.05) is 42.5 Å². The Morgan fingerprint density at radius 2 is 1.72 bits per heavy atom. The molecule has 0 saturated carbocycles. The topological polar surface area (TPSA) is 142 Å². The minimum absolute atomic E-state index is 0.0816. The lowest BCUT2D eigenvalue weighted by atomic mass is 10.0. The zero-order valence-electron chi connectivity index (χ0n) is 19.9. The van der Waals surface area contributed by atoms with Gasteiger partial charge < -0.3 is 30.6 Å². The van der Waals surface area contributed by atoms with Crippen LogP contribution >= 0.6 is 11.3 Å². The highest BCUT2D eigenvalue weighted by atomic mass is 32.1. The highest BCUT2D eigenvalue weighted by Gasteiger charge is 2.26. The van der Waals surface area contributed by atoms with Crippen LogP contribution in [0, 0.1) is 0 Å². The van der Waals surface area contributed by atoms with Crippen molar-refractivity contribution in [2.75, 3.05) is 32.8 Å². The normalized spacial score (nSPS) is 12.3. The Bertz CT molecular complexity index is 1150. The Morgan fingerprint density at radius 1 is 1.00 bits per heavy atom. The minimum Gasteiger partial charge on any atom is -0.491 e. The van der Waals surface area contributed by atoms with E-state index in [1.807, 2.05) is 30.3 Å². The maximum absolute atomic E-state index is 13.1. The average Bonchev–Trinajstić information content (AvgIpc) is 3.37. The molecule has 36 heavy (non-hydrogen) atoms. The number of nitrogens with zero attached hydrogens (tertiary/aromatic N) is 1. The van der Waals surface area contributed by atoms with Crippen molar-refractivity contribution in [3.05, 3.63) is 76.8 Å². The second-order valence-electron chi connectivity index (χ2n) is 7.66. The molecule has 10 nitrogen and oxygen atoms in total. The first-order valence-electron chi connectivity index (χ1n) is 11.1. The van der Waals surface area contributed by atoms with E-state index >= 15 is 0 Å². The van der Waals surface area contributed by atoms with Gasteiger partial charge in [0.05, 0.1) is 13.7 Å². The summed E-state index contributed by atoms with van der Waals surface area (Å²) in [6, 6.07) is 14.1. The molecule has 0 bridgehead atoms. The zero-order valence-corrected chi connectivity index (χ0v) is 20.7. The first-order chi connectivity index (χ1) is 17.4. The molecule has 2 aromatic carbocycles. The third-order valence-electron chi connectivity index (χ3n) is 5.12. The number of benzene rings is 2. The maximum Gasteiger partial charge on any atom is 0.357 e. The molecule has 2 atom stereocenters. The molecule has 1 unspecified atom stereocenters. The molecule has 1 aromatic heterocycles. The number of nitrogens with two attached hydrogens (primary N) is 1. The van der Waals surface area contributed by atoms with E-state index in [9.17, 15) is 14.4 Å². The Kier molecular flexibility index (Phi) is 9.92. The van der Waals surface area contributed by atoms with Crippen molar-refractivity contribution in [3.8, 4) is 5.75 Å². The monoisotopic (exact) mass is 512 g/mol. The number of esters is 1. The van der Waals surface area contributed by atoms with Crippen molar-refractivity contribution in [2.24, 2.45) is 5.73 Å². The fourth-order valence-electron chi connectivity index (χ4n) is 3.21. The predicted octanol–water partition coefficient (Wildman–Crippen LogP) is 2.32. The number of ether oxygens (including phenoxy) is 3. The van der Waals surface area contributed by atoms with Crippen LogP contribution in [0.25, 0.3) is 0 Å². The molecule has 0 saturated heterocycles. The number of hydrogen-bond acceptors (Lipinski definition) is 9. The number of methoxy groups -OCH3 is 2. The van der Waals surface area contributed by atoms with Gasteiger partial charge in [-0.2, -0.15) is 0 Å². The van der Waals surface area contributed by atoms with E-state index in [1.165, 1.54) is 12.5 Å². The molecule has 1 heterocycles. The summed E-state index contributed by atoms with van der Waals surface area (Å²) in [7, 11) is 2.84. The van der Waals surface area contributed by atoms with Crippen LogP contribution in [-0.2, 0) is 25.5 Å². The number of thiazole rings is 1. The van der Waals surface area contributed by atoms with Crippen LogP contribution in [0.15, 0.2) is 60.0 Å². The summed E-state index contributed by atoms with van der Waals surface area (Å²) in [6.45, 7) is 0.860. The summed E-state index contributed by atoms with van der Waals surface area (Å²) >= 11 is 1.07. The van der Waals surface area contributed by atoms with Crippen molar-refractivity contribution in [2.45, 2.75) is 18.5 Å². The van der Waals surface area contributed by atoms with Gasteiger partial charge in [0, 0.05) is 18.9 Å². The predicted molar refractivity (Wildman–Crippen MR) is 135 cm³/mol. The number of carbonyl (C=O) groups excluding carboxylic acids is 3. The molecule has 0 aliphatic rings. The Hall–Kier alpha value is -3.80. The summed E-state index contributed by atoms with van der Waals surface area (Å²) in [6.07, 6.45) is 0.229. The average molecular weight is 513 g/mol. The van der Waals surface area contributed by atoms with E-state index in [-0.39, 0.29) is 17.2 Å². The fraction of sp³-hybridized carbons (Fsp3) is 0.280. The van der Waals surface area contributed by atoms with E-state index in [0.717, 1.165) is 16.9 Å². The second-order valence-corrected chi connectivity index (χ2v) is 8.52. The number of nitrogens with one attached hydrogen (secondary N) is 2. The van der Waals surface area contributed by atoms with Crippen molar-refractivity contribution in [1.82, 2.24) is 10.3 Å². The largest absolute Gasteiger partial charge is 0.491 e. The molecule has 3 rings (SSSR count). The summed E-state index contributed by atoms with van der Waals surface area (Å²) in [5, 5.41) is 7.08. The van der Waals surface area contributed by atoms with Crippen molar-refractivity contribution in [3.63, 3.8) is 0 Å². The minimum atomic E-state index is -1.00. The number of carbonyl (C=O) groups is 3. The van der Waals surface area contributed by atoms with E-state index in [4.69, 9.17) is 15.2 Å². The number of amides is 2. The summed E-state index contributed by atoms with van der Waals surface area (Å²) < 4.78 is 15.1. The van der Waals surface area contributed by atoms with Crippen molar-refractivity contribution in [1.29, 1.82) is 0 Å². The van der Waals surface area contributed by atoms with Gasteiger partial charge in [-0.15, -0.1) is 11.3 Å². The SMILES string of the molecule is COCCOc1ccc(C(N)C(=O)N[C@@H](Cc2ccccc2)C(=O)Nc2nc(C(=O)OC)cs2)cc1. The van der Waals surface area contributed by atoms with Gasteiger partial charge >= 0.3 is 5.97 Å². The van der Waals surface area contributed by atoms with Crippen molar-refractivity contribution >= 4 is 34.3 Å². The van der Waals surface area contributed by atoms with Crippen LogP contribution in [0.1, 0.15) is 27.7 Å². The fourth-order valence-corrected chi connectivity index (χ4v) is 3.89. The number of hydrogen-bond donors (Lipinski definition) is 3.